The number of halogens is 3. The van der Waals surface area contributed by atoms with E-state index in [9.17, 15) is 4.79 Å². The molecule has 4 nitrogen and oxygen atoms in total. The van der Waals surface area contributed by atoms with Gasteiger partial charge >= 0.3 is 0 Å². The second-order valence-electron chi connectivity index (χ2n) is 6.82. The summed E-state index contributed by atoms with van der Waals surface area (Å²) in [6.07, 6.45) is 0. The van der Waals surface area contributed by atoms with E-state index in [2.05, 4.69) is 36.8 Å². The van der Waals surface area contributed by atoms with Crippen LogP contribution < -0.4 is 4.74 Å². The van der Waals surface area contributed by atoms with E-state index in [1.807, 2.05) is 36.4 Å². The van der Waals surface area contributed by atoms with Gasteiger partial charge in [0.25, 0.3) is 0 Å². The summed E-state index contributed by atoms with van der Waals surface area (Å²) in [5.74, 6) is 0.699. The fourth-order valence-electron chi connectivity index (χ4n) is 3.45. The number of ether oxygens (including phenoxy) is 2. The van der Waals surface area contributed by atoms with E-state index in [0.29, 0.717) is 42.7 Å². The molecule has 28 heavy (non-hydrogen) atoms. The van der Waals surface area contributed by atoms with Crippen LogP contribution in [0.25, 0.3) is 0 Å². The van der Waals surface area contributed by atoms with Gasteiger partial charge in [0.1, 0.15) is 17.1 Å². The molecule has 1 atom stereocenters. The van der Waals surface area contributed by atoms with E-state index in [4.69, 9.17) is 21.1 Å². The van der Waals surface area contributed by atoms with Crippen molar-refractivity contribution in [3.05, 3.63) is 55.9 Å². The van der Waals surface area contributed by atoms with E-state index in [1.54, 1.807) is 11.8 Å². The van der Waals surface area contributed by atoms with E-state index in [1.165, 1.54) is 0 Å². The van der Waals surface area contributed by atoms with Crippen LogP contribution in [0.4, 0.5) is 0 Å². The molecule has 8 heteroatoms. The van der Waals surface area contributed by atoms with Gasteiger partial charge in [0.15, 0.2) is 5.78 Å². The highest BCUT2D eigenvalue weighted by molar-refractivity contribution is 9.11. The van der Waals surface area contributed by atoms with E-state index < -0.39 is 4.75 Å². The normalized spacial score (nSPS) is 22.6. The Hall–Kier alpha value is -0.570. The van der Waals surface area contributed by atoms with Crippen molar-refractivity contribution in [1.82, 2.24) is 4.90 Å². The zero-order chi connectivity index (χ0) is 19.7. The van der Waals surface area contributed by atoms with Gasteiger partial charge < -0.3 is 9.47 Å². The average molecular weight is 548 g/mol. The number of Topliss-reactive ketones (excluding diaryl/α,β-unsaturated/α-hetero) is 1. The summed E-state index contributed by atoms with van der Waals surface area (Å²) in [7, 11) is 0. The first-order valence-electron chi connectivity index (χ1n) is 8.88. The maximum Gasteiger partial charge on any atom is 0.187 e. The molecule has 0 aromatic heterocycles. The van der Waals surface area contributed by atoms with Crippen LogP contribution in [-0.2, 0) is 4.74 Å². The van der Waals surface area contributed by atoms with Crippen LogP contribution in [0.3, 0.4) is 0 Å². The quantitative estimate of drug-likeness (QED) is 0.519. The number of benzene rings is 2. The number of rotatable bonds is 4. The number of ketones is 1. The lowest BCUT2D eigenvalue weighted by Crippen LogP contribution is -2.54. The van der Waals surface area contributed by atoms with Gasteiger partial charge in [-0.3, -0.25) is 9.69 Å². The third kappa shape index (κ3) is 4.30. The third-order valence-electron chi connectivity index (χ3n) is 4.83. The van der Waals surface area contributed by atoms with E-state index in [0.717, 1.165) is 26.9 Å². The smallest absolute Gasteiger partial charge is 0.187 e. The molecule has 1 fully saturated rings. The molecule has 0 spiro atoms. The average Bonchev–Trinajstić information content (AvgIpc) is 2.68. The van der Waals surface area contributed by atoms with Gasteiger partial charge in [-0.05, 0) is 52.3 Å². The maximum absolute atomic E-state index is 13.8. The van der Waals surface area contributed by atoms with Gasteiger partial charge in [0.05, 0.1) is 23.2 Å². The first-order valence-corrected chi connectivity index (χ1v) is 11.7. The van der Waals surface area contributed by atoms with Crippen molar-refractivity contribution in [2.75, 3.05) is 39.5 Å². The zero-order valence-electron chi connectivity index (χ0n) is 14.9. The molecule has 148 valence electrons. The van der Waals surface area contributed by atoms with Crippen LogP contribution in [-0.4, -0.2) is 54.9 Å². The molecule has 2 aliphatic heterocycles. The van der Waals surface area contributed by atoms with Gasteiger partial charge in [0.2, 0.25) is 0 Å². The lowest BCUT2D eigenvalue weighted by Gasteiger charge is -2.40. The largest absolute Gasteiger partial charge is 0.490 e. The molecule has 4 rings (SSSR count). The van der Waals surface area contributed by atoms with Gasteiger partial charge in [-0.2, -0.15) is 0 Å². The Balaban J connectivity index is 1.71. The number of nitrogens with zero attached hydrogens (tertiary/aromatic N) is 1. The molecule has 0 bridgehead atoms. The third-order valence-corrected chi connectivity index (χ3v) is 7.46. The van der Waals surface area contributed by atoms with Crippen molar-refractivity contribution in [3.8, 4) is 5.75 Å². The summed E-state index contributed by atoms with van der Waals surface area (Å²) < 4.78 is 12.5. The first kappa shape index (κ1) is 20.7. The summed E-state index contributed by atoms with van der Waals surface area (Å²) in [4.78, 5) is 17.0. The van der Waals surface area contributed by atoms with Crippen LogP contribution >= 0.6 is 55.2 Å². The van der Waals surface area contributed by atoms with Crippen molar-refractivity contribution in [2.24, 2.45) is 0 Å². The summed E-state index contributed by atoms with van der Waals surface area (Å²) in [6.45, 7) is 3.90. The summed E-state index contributed by atoms with van der Waals surface area (Å²) in [5, 5.41) is 0.677. The number of carbonyl (C=O) groups excluding carboxylic acids is 1. The molecular weight excluding hydrogens is 530 g/mol. The Kier molecular flexibility index (Phi) is 6.40. The molecule has 0 radical (unpaired) electrons. The van der Waals surface area contributed by atoms with Crippen LogP contribution in [0.2, 0.25) is 5.02 Å². The minimum absolute atomic E-state index is 0.0854. The number of hydrogen-bond donors (Lipinski definition) is 0. The second kappa shape index (κ2) is 8.66. The molecule has 2 aromatic rings. The number of hydrogen-bond acceptors (Lipinski definition) is 5. The first-order chi connectivity index (χ1) is 13.5. The van der Waals surface area contributed by atoms with Crippen molar-refractivity contribution in [1.29, 1.82) is 0 Å². The van der Waals surface area contributed by atoms with Gasteiger partial charge in [-0.25, -0.2) is 0 Å². The van der Waals surface area contributed by atoms with Crippen LogP contribution in [0.15, 0.2) is 50.2 Å². The Morgan fingerprint density at radius 1 is 1.14 bits per heavy atom. The lowest BCUT2D eigenvalue weighted by molar-refractivity contribution is 0.0287. The maximum atomic E-state index is 13.8. The monoisotopic (exact) mass is 545 g/mol. The second-order valence-corrected chi connectivity index (χ2v) is 10.5. The molecular formula is C20H18Br2ClNO3S. The summed E-state index contributed by atoms with van der Waals surface area (Å²) >= 11 is 14.6. The Bertz CT molecular complexity index is 890. The highest BCUT2D eigenvalue weighted by Crippen LogP contribution is 2.45. The SMILES string of the molecule is O=C1c2cc(Br)cc(Br)c2OCC1(CN1CCOCC1)Sc1ccc(Cl)cc1. The fourth-order valence-corrected chi connectivity index (χ4v) is 6.21. The molecule has 0 saturated carbocycles. The van der Waals surface area contributed by atoms with Crippen molar-refractivity contribution < 1.29 is 14.3 Å². The minimum Gasteiger partial charge on any atom is -0.490 e. The highest BCUT2D eigenvalue weighted by atomic mass is 79.9. The number of fused-ring (bicyclic) bond motifs is 1. The predicted molar refractivity (Wildman–Crippen MR) is 119 cm³/mol. The van der Waals surface area contributed by atoms with Gasteiger partial charge in [-0.15, -0.1) is 11.8 Å². The Morgan fingerprint density at radius 3 is 2.57 bits per heavy atom. The lowest BCUT2D eigenvalue weighted by atomic mass is 9.93. The van der Waals surface area contributed by atoms with Crippen molar-refractivity contribution in [2.45, 2.75) is 9.64 Å². The van der Waals surface area contributed by atoms with Gasteiger partial charge in [-0.1, -0.05) is 27.5 Å². The zero-order valence-corrected chi connectivity index (χ0v) is 19.7. The van der Waals surface area contributed by atoms with Crippen molar-refractivity contribution in [3.63, 3.8) is 0 Å². The topological polar surface area (TPSA) is 38.8 Å². The fraction of sp³-hybridized carbons (Fsp3) is 0.350. The van der Waals surface area contributed by atoms with Crippen LogP contribution in [0.5, 0.6) is 5.75 Å². The van der Waals surface area contributed by atoms with Crippen LogP contribution in [0, 0.1) is 0 Å². The minimum atomic E-state index is -0.738. The summed E-state index contributed by atoms with van der Waals surface area (Å²) in [6, 6.07) is 11.3. The Morgan fingerprint density at radius 2 is 1.86 bits per heavy atom. The molecule has 2 aliphatic rings. The molecule has 2 heterocycles. The molecule has 0 aliphatic carbocycles. The summed E-state index contributed by atoms with van der Waals surface area (Å²) in [5.41, 5.74) is 0.599. The molecule has 2 aromatic carbocycles. The molecule has 0 amide bonds. The standard InChI is InChI=1S/C20H18Br2ClNO3S/c21-13-9-16-18(17(22)10-13)27-12-20(19(16)25,11-24-5-7-26-8-6-24)28-15-3-1-14(23)2-4-15/h1-4,9-10H,5-8,11-12H2. The predicted octanol–water partition coefficient (Wildman–Crippen LogP) is 5.30. The molecule has 1 unspecified atom stereocenters. The number of thioether (sulfide) groups is 1. The van der Waals surface area contributed by atoms with Gasteiger partial charge in [0, 0.05) is 34.0 Å². The molecule has 0 N–H and O–H groups in total. The van der Waals surface area contributed by atoms with Crippen molar-refractivity contribution >= 4 is 61.0 Å². The number of carbonyl (C=O) groups is 1. The Labute approximate surface area is 190 Å². The van der Waals surface area contributed by atoms with Crippen LogP contribution in [0.1, 0.15) is 10.4 Å². The molecule has 1 saturated heterocycles. The number of morpholine rings is 1. The highest BCUT2D eigenvalue weighted by Gasteiger charge is 2.47. The van der Waals surface area contributed by atoms with E-state index >= 15 is 0 Å². The van der Waals surface area contributed by atoms with E-state index in [-0.39, 0.29) is 5.78 Å².